The average Bonchev–Trinajstić information content (AvgIpc) is 3.02. The fraction of sp³-hybridized carbons (Fsp3) is 0.688. The highest BCUT2D eigenvalue weighted by molar-refractivity contribution is 7.15. The van der Waals surface area contributed by atoms with Crippen molar-refractivity contribution in [2.24, 2.45) is 5.92 Å². The number of anilines is 1. The smallest absolute Gasteiger partial charge is 0.231 e. The maximum absolute atomic E-state index is 12.3. The summed E-state index contributed by atoms with van der Waals surface area (Å²) >= 11 is 1.61. The molecule has 2 heterocycles. The van der Waals surface area contributed by atoms with E-state index in [2.05, 4.69) is 10.3 Å². The molecule has 120 valence electrons. The molecule has 1 fully saturated rings. The van der Waals surface area contributed by atoms with Gasteiger partial charge < -0.3 is 10.2 Å². The number of aromatic nitrogens is 1. The maximum Gasteiger partial charge on any atom is 0.231 e. The number of carbonyl (C=O) groups excluding carboxylic acids is 2. The van der Waals surface area contributed by atoms with Crippen molar-refractivity contribution in [1.29, 1.82) is 0 Å². The molecule has 0 unspecified atom stereocenters. The molecule has 1 aliphatic heterocycles. The van der Waals surface area contributed by atoms with Crippen LogP contribution < -0.4 is 5.32 Å². The summed E-state index contributed by atoms with van der Waals surface area (Å²) in [5, 5.41) is 3.64. The van der Waals surface area contributed by atoms with E-state index in [0.717, 1.165) is 18.5 Å². The number of carbonyl (C=O) groups is 2. The Kier molecular flexibility index (Phi) is 4.76. The van der Waals surface area contributed by atoms with Gasteiger partial charge in [-0.3, -0.25) is 9.59 Å². The zero-order chi connectivity index (χ0) is 15.5. The van der Waals surface area contributed by atoms with Crippen molar-refractivity contribution in [2.45, 2.75) is 51.9 Å². The molecule has 1 N–H and O–H groups in total. The Morgan fingerprint density at radius 3 is 2.82 bits per heavy atom. The van der Waals surface area contributed by atoms with Gasteiger partial charge >= 0.3 is 0 Å². The highest BCUT2D eigenvalue weighted by Gasteiger charge is 2.33. The summed E-state index contributed by atoms with van der Waals surface area (Å²) in [6, 6.07) is 0. The molecule has 1 saturated heterocycles. The topological polar surface area (TPSA) is 62.3 Å². The Morgan fingerprint density at radius 1 is 1.32 bits per heavy atom. The number of hydrogen-bond acceptors (Lipinski definition) is 4. The number of nitrogens with one attached hydrogen (secondary N) is 1. The first-order valence-electron chi connectivity index (χ1n) is 8.24. The number of likely N-dealkylation sites (tertiary alicyclic amines) is 1. The lowest BCUT2D eigenvalue weighted by atomic mass is 10.0. The van der Waals surface area contributed by atoms with Crippen LogP contribution in [0.15, 0.2) is 0 Å². The minimum atomic E-state index is -0.237. The van der Waals surface area contributed by atoms with Crippen molar-refractivity contribution >= 4 is 28.3 Å². The van der Waals surface area contributed by atoms with E-state index in [-0.39, 0.29) is 17.7 Å². The van der Waals surface area contributed by atoms with Crippen LogP contribution in [-0.2, 0) is 22.4 Å². The molecule has 2 amide bonds. The monoisotopic (exact) mass is 321 g/mol. The molecule has 1 aliphatic carbocycles. The minimum Gasteiger partial charge on any atom is -0.342 e. The van der Waals surface area contributed by atoms with Crippen LogP contribution in [0.1, 0.15) is 49.6 Å². The van der Waals surface area contributed by atoms with E-state index >= 15 is 0 Å². The Morgan fingerprint density at radius 2 is 2.09 bits per heavy atom. The average molecular weight is 321 g/mol. The summed E-state index contributed by atoms with van der Waals surface area (Å²) in [4.78, 5) is 31.8. The van der Waals surface area contributed by atoms with Gasteiger partial charge in [0.05, 0.1) is 11.6 Å². The molecule has 1 atom stereocenters. The molecule has 22 heavy (non-hydrogen) atoms. The van der Waals surface area contributed by atoms with Crippen molar-refractivity contribution in [2.75, 3.05) is 18.4 Å². The van der Waals surface area contributed by atoms with Crippen molar-refractivity contribution in [3.05, 3.63) is 10.6 Å². The molecule has 0 saturated carbocycles. The lowest BCUT2D eigenvalue weighted by Crippen LogP contribution is -2.28. The number of rotatable bonds is 3. The molecule has 2 aliphatic rings. The third kappa shape index (κ3) is 3.32. The van der Waals surface area contributed by atoms with Crippen LogP contribution in [0.25, 0.3) is 0 Å². The second kappa shape index (κ2) is 6.77. The number of nitrogens with zero attached hydrogens (tertiary/aromatic N) is 2. The lowest BCUT2D eigenvalue weighted by Gasteiger charge is -2.12. The lowest BCUT2D eigenvalue weighted by molar-refractivity contribution is -0.128. The highest BCUT2D eigenvalue weighted by atomic mass is 32.1. The Bertz CT molecular complexity index is 544. The standard InChI is InChI=1S/C16H23N3O2S/c1-2-19-10-11(9-14(19)20)15(21)18-16-17-12-7-5-3-4-6-8-13(12)22-16/h11H,2-10H2,1H3,(H,17,18,21)/t11-/m0/s1. The molecule has 0 radical (unpaired) electrons. The van der Waals surface area contributed by atoms with Gasteiger partial charge in [-0.15, -0.1) is 11.3 Å². The van der Waals surface area contributed by atoms with Crippen molar-refractivity contribution < 1.29 is 9.59 Å². The second-order valence-electron chi connectivity index (χ2n) is 6.13. The number of aryl methyl sites for hydroxylation is 2. The van der Waals surface area contributed by atoms with Gasteiger partial charge in [-0.25, -0.2) is 4.98 Å². The summed E-state index contributed by atoms with van der Waals surface area (Å²) in [6.45, 7) is 3.15. The van der Waals surface area contributed by atoms with Gasteiger partial charge in [0.25, 0.3) is 0 Å². The molecule has 1 aromatic heterocycles. The molecule has 1 aromatic rings. The SMILES string of the molecule is CCN1C[C@@H](C(=O)Nc2nc3c(s2)CCCCCC3)CC1=O. The Balaban J connectivity index is 1.64. The van der Waals surface area contributed by atoms with Crippen LogP contribution in [-0.4, -0.2) is 34.8 Å². The summed E-state index contributed by atoms with van der Waals surface area (Å²) in [5.74, 6) is -0.223. The van der Waals surface area contributed by atoms with Gasteiger partial charge in [0.2, 0.25) is 11.8 Å². The van der Waals surface area contributed by atoms with Crippen molar-refractivity contribution in [3.63, 3.8) is 0 Å². The molecular weight excluding hydrogens is 298 g/mol. The summed E-state index contributed by atoms with van der Waals surface area (Å²) < 4.78 is 0. The fourth-order valence-electron chi connectivity index (χ4n) is 3.22. The first-order valence-corrected chi connectivity index (χ1v) is 9.06. The Labute approximate surface area is 135 Å². The van der Waals surface area contributed by atoms with E-state index in [9.17, 15) is 9.59 Å². The molecule has 3 rings (SSSR count). The third-order valence-electron chi connectivity index (χ3n) is 4.54. The van der Waals surface area contributed by atoms with E-state index in [0.29, 0.717) is 24.6 Å². The van der Waals surface area contributed by atoms with Crippen LogP contribution in [0, 0.1) is 5.92 Å². The normalized spacial score (nSPS) is 22.1. The van der Waals surface area contributed by atoms with Crippen molar-refractivity contribution in [3.8, 4) is 0 Å². The molecule has 6 heteroatoms. The number of hydrogen-bond donors (Lipinski definition) is 1. The maximum atomic E-state index is 12.3. The van der Waals surface area contributed by atoms with Gasteiger partial charge in [0, 0.05) is 24.4 Å². The van der Waals surface area contributed by atoms with Crippen LogP contribution in [0.2, 0.25) is 0 Å². The third-order valence-corrected chi connectivity index (χ3v) is 5.62. The second-order valence-corrected chi connectivity index (χ2v) is 7.21. The van der Waals surface area contributed by atoms with E-state index in [1.54, 1.807) is 16.2 Å². The zero-order valence-electron chi connectivity index (χ0n) is 13.1. The Hall–Kier alpha value is -1.43. The first-order chi connectivity index (χ1) is 10.7. The van der Waals surface area contributed by atoms with Crippen LogP contribution in [0.5, 0.6) is 0 Å². The van der Waals surface area contributed by atoms with E-state index in [4.69, 9.17) is 0 Å². The molecule has 0 aromatic carbocycles. The number of fused-ring (bicyclic) bond motifs is 1. The van der Waals surface area contributed by atoms with E-state index in [1.807, 2.05) is 6.92 Å². The highest BCUT2D eigenvalue weighted by Crippen LogP contribution is 2.29. The summed E-state index contributed by atoms with van der Waals surface area (Å²) in [5.41, 5.74) is 1.16. The fourth-order valence-corrected chi connectivity index (χ4v) is 4.27. The molecule has 0 bridgehead atoms. The van der Waals surface area contributed by atoms with Gasteiger partial charge in [-0.2, -0.15) is 0 Å². The summed E-state index contributed by atoms with van der Waals surface area (Å²) in [6.07, 6.45) is 7.38. The minimum absolute atomic E-state index is 0.0639. The van der Waals surface area contributed by atoms with E-state index < -0.39 is 0 Å². The van der Waals surface area contributed by atoms with E-state index in [1.165, 1.54) is 30.6 Å². The van der Waals surface area contributed by atoms with Gasteiger partial charge in [0.15, 0.2) is 5.13 Å². The predicted octanol–water partition coefficient (Wildman–Crippen LogP) is 2.61. The van der Waals surface area contributed by atoms with Crippen molar-refractivity contribution in [1.82, 2.24) is 9.88 Å². The van der Waals surface area contributed by atoms with Crippen LogP contribution >= 0.6 is 11.3 Å². The molecule has 5 nitrogen and oxygen atoms in total. The predicted molar refractivity (Wildman–Crippen MR) is 87.0 cm³/mol. The molecular formula is C16H23N3O2S. The molecule has 0 spiro atoms. The van der Waals surface area contributed by atoms with Crippen LogP contribution in [0.3, 0.4) is 0 Å². The number of thiazole rings is 1. The van der Waals surface area contributed by atoms with Gasteiger partial charge in [0.1, 0.15) is 0 Å². The zero-order valence-corrected chi connectivity index (χ0v) is 13.9. The first kappa shape index (κ1) is 15.5. The quantitative estimate of drug-likeness (QED) is 0.931. The largest absolute Gasteiger partial charge is 0.342 e. The van der Waals surface area contributed by atoms with Crippen LogP contribution in [0.4, 0.5) is 5.13 Å². The summed E-state index contributed by atoms with van der Waals surface area (Å²) in [7, 11) is 0. The van der Waals surface area contributed by atoms with Gasteiger partial charge in [-0.1, -0.05) is 12.8 Å². The van der Waals surface area contributed by atoms with Gasteiger partial charge in [-0.05, 0) is 32.6 Å². The number of amides is 2.